The van der Waals surface area contributed by atoms with E-state index in [1.165, 1.54) is 10.7 Å². The fraction of sp³-hybridized carbons (Fsp3) is 0.556. The average molecular weight is 394 g/mol. The second kappa shape index (κ2) is 7.06. The molecule has 1 aliphatic carbocycles. The van der Waals surface area contributed by atoms with Crippen LogP contribution >= 0.6 is 0 Å². The molecule has 0 bridgehead atoms. The molecule has 150 valence electrons. The van der Waals surface area contributed by atoms with Gasteiger partial charge in [-0.05, 0) is 31.7 Å². The van der Waals surface area contributed by atoms with E-state index in [-0.39, 0.29) is 17.6 Å². The van der Waals surface area contributed by atoms with E-state index in [0.717, 1.165) is 57.0 Å². The largest absolute Gasteiger partial charge is 0.433 e. The predicted octanol–water partition coefficient (Wildman–Crippen LogP) is 2.23. The number of halogens is 3. The lowest BCUT2D eigenvalue weighted by Gasteiger charge is -2.39. The monoisotopic (exact) mass is 394 g/mol. The maximum absolute atomic E-state index is 13.0. The van der Waals surface area contributed by atoms with Crippen LogP contribution in [0.3, 0.4) is 0 Å². The van der Waals surface area contributed by atoms with E-state index < -0.39 is 11.9 Å². The molecule has 2 fully saturated rings. The van der Waals surface area contributed by atoms with Gasteiger partial charge in [0.1, 0.15) is 23.7 Å². The molecule has 0 N–H and O–H groups in total. The van der Waals surface area contributed by atoms with E-state index in [1.807, 2.05) is 4.90 Å². The van der Waals surface area contributed by atoms with E-state index in [9.17, 15) is 18.0 Å². The summed E-state index contributed by atoms with van der Waals surface area (Å²) < 4.78 is 40.4. The minimum atomic E-state index is -4.48. The van der Waals surface area contributed by atoms with E-state index in [2.05, 4.69) is 20.0 Å². The summed E-state index contributed by atoms with van der Waals surface area (Å²) in [5.41, 5.74) is -1.07. The summed E-state index contributed by atoms with van der Waals surface area (Å²) >= 11 is 0. The van der Waals surface area contributed by atoms with Gasteiger partial charge in [-0.25, -0.2) is 14.6 Å². The molecule has 0 atom stereocenters. The summed E-state index contributed by atoms with van der Waals surface area (Å²) in [6.07, 6.45) is 0.0167. The molecule has 2 aliphatic rings. The minimum absolute atomic E-state index is 0.118. The molecule has 0 unspecified atom stereocenters. The van der Waals surface area contributed by atoms with Crippen molar-refractivity contribution in [3.8, 4) is 0 Å². The molecule has 2 aromatic rings. The van der Waals surface area contributed by atoms with Crippen molar-refractivity contribution in [1.82, 2.24) is 19.7 Å². The van der Waals surface area contributed by atoms with Crippen LogP contribution in [0.2, 0.25) is 0 Å². The molecule has 1 saturated carbocycles. The smallest absolute Gasteiger partial charge is 0.355 e. The van der Waals surface area contributed by atoms with Crippen LogP contribution in [0, 0.1) is 0 Å². The third kappa shape index (κ3) is 3.81. The first-order chi connectivity index (χ1) is 13.3. The van der Waals surface area contributed by atoms with E-state index in [4.69, 9.17) is 0 Å². The lowest BCUT2D eigenvalue weighted by atomic mass is 10.0. The molecule has 0 amide bonds. The zero-order valence-electron chi connectivity index (χ0n) is 15.4. The van der Waals surface area contributed by atoms with Gasteiger partial charge in [-0.15, -0.1) is 0 Å². The minimum Gasteiger partial charge on any atom is -0.355 e. The molecular formula is C18H21F3N6O. The molecule has 10 heteroatoms. The van der Waals surface area contributed by atoms with Gasteiger partial charge in [-0.1, -0.05) is 0 Å². The highest BCUT2D eigenvalue weighted by Gasteiger charge is 2.39. The molecule has 28 heavy (non-hydrogen) atoms. The predicted molar refractivity (Wildman–Crippen MR) is 97.2 cm³/mol. The fourth-order valence-electron chi connectivity index (χ4n) is 3.70. The summed E-state index contributed by atoms with van der Waals surface area (Å²) in [5, 5.41) is 4.28. The molecule has 0 spiro atoms. The molecule has 7 nitrogen and oxygen atoms in total. The van der Waals surface area contributed by atoms with E-state index in [0.29, 0.717) is 5.82 Å². The Balaban J connectivity index is 1.50. The van der Waals surface area contributed by atoms with Gasteiger partial charge in [-0.3, -0.25) is 4.79 Å². The summed E-state index contributed by atoms with van der Waals surface area (Å²) in [6.45, 7) is 1.44. The number of nitrogens with zero attached hydrogens (tertiary/aromatic N) is 6. The number of aryl methyl sites for hydroxylation is 1. The van der Waals surface area contributed by atoms with Crippen molar-refractivity contribution in [3.05, 3.63) is 40.6 Å². The highest BCUT2D eigenvalue weighted by atomic mass is 19.4. The Bertz CT molecular complexity index is 903. The van der Waals surface area contributed by atoms with Gasteiger partial charge in [0.05, 0.1) is 0 Å². The highest BCUT2D eigenvalue weighted by Crippen LogP contribution is 2.37. The number of hydrogen-bond acceptors (Lipinski definition) is 6. The lowest BCUT2D eigenvalue weighted by Crippen LogP contribution is -2.47. The zero-order chi connectivity index (χ0) is 19.9. The molecule has 0 radical (unpaired) electrons. The Labute approximate surface area is 159 Å². The third-order valence-electron chi connectivity index (χ3n) is 5.28. The third-order valence-corrected chi connectivity index (χ3v) is 5.28. The van der Waals surface area contributed by atoms with Crippen molar-refractivity contribution in [3.63, 3.8) is 0 Å². The quantitative estimate of drug-likeness (QED) is 0.792. The van der Waals surface area contributed by atoms with Crippen LogP contribution in [0.25, 0.3) is 0 Å². The summed E-state index contributed by atoms with van der Waals surface area (Å²) in [7, 11) is 1.61. The van der Waals surface area contributed by atoms with Crippen molar-refractivity contribution < 1.29 is 13.2 Å². The zero-order valence-corrected chi connectivity index (χ0v) is 15.4. The highest BCUT2D eigenvalue weighted by molar-refractivity contribution is 5.45. The van der Waals surface area contributed by atoms with Gasteiger partial charge >= 0.3 is 6.18 Å². The first kappa shape index (κ1) is 18.7. The van der Waals surface area contributed by atoms with Crippen LogP contribution in [0.15, 0.2) is 29.3 Å². The van der Waals surface area contributed by atoms with Gasteiger partial charge in [0.15, 0.2) is 0 Å². The Hall–Kier alpha value is -2.65. The first-order valence-corrected chi connectivity index (χ1v) is 9.30. The van der Waals surface area contributed by atoms with E-state index >= 15 is 0 Å². The topological polar surface area (TPSA) is 67.2 Å². The standard InChI is InChI=1S/C18H21F3N6O/c1-25-17(28)5-4-15(24-25)26-8-6-13(7-9-26)27(12-2-3-12)16-10-14(18(19,20)21)22-11-23-16/h4-5,10-13H,2-3,6-9H2,1H3. The molecule has 4 rings (SSSR count). The van der Waals surface area contributed by atoms with Gasteiger partial charge in [0.2, 0.25) is 0 Å². The second-order valence-corrected chi connectivity index (χ2v) is 7.27. The van der Waals surface area contributed by atoms with Crippen molar-refractivity contribution >= 4 is 11.6 Å². The van der Waals surface area contributed by atoms with Crippen molar-refractivity contribution in [2.75, 3.05) is 22.9 Å². The number of alkyl halides is 3. The Morgan fingerprint density at radius 1 is 1.07 bits per heavy atom. The normalized spacial score (nSPS) is 18.4. The molecular weight excluding hydrogens is 373 g/mol. The van der Waals surface area contributed by atoms with Crippen LogP contribution in [0.4, 0.5) is 24.8 Å². The van der Waals surface area contributed by atoms with Gasteiger partial charge in [0, 0.05) is 44.4 Å². The molecule has 1 aliphatic heterocycles. The summed E-state index contributed by atoms with van der Waals surface area (Å²) in [5.74, 6) is 1.09. The molecule has 1 saturated heterocycles. The molecule has 2 aromatic heterocycles. The molecule has 0 aromatic carbocycles. The molecule has 3 heterocycles. The number of rotatable bonds is 4. The maximum Gasteiger partial charge on any atom is 0.433 e. The average Bonchev–Trinajstić information content (AvgIpc) is 3.49. The van der Waals surface area contributed by atoms with Gasteiger partial charge in [-0.2, -0.15) is 18.3 Å². The maximum atomic E-state index is 13.0. The second-order valence-electron chi connectivity index (χ2n) is 7.27. The lowest BCUT2D eigenvalue weighted by molar-refractivity contribution is -0.141. The van der Waals surface area contributed by atoms with Crippen molar-refractivity contribution in [2.45, 2.75) is 43.9 Å². The summed E-state index contributed by atoms with van der Waals surface area (Å²) in [4.78, 5) is 23.2. The Morgan fingerprint density at radius 3 is 2.36 bits per heavy atom. The van der Waals surface area contributed by atoms with Crippen LogP contribution in [-0.2, 0) is 13.2 Å². The van der Waals surface area contributed by atoms with Crippen molar-refractivity contribution in [2.24, 2.45) is 7.05 Å². The van der Waals surface area contributed by atoms with Crippen LogP contribution in [0.1, 0.15) is 31.4 Å². The van der Waals surface area contributed by atoms with Gasteiger partial charge in [0.25, 0.3) is 5.56 Å². The number of anilines is 2. The summed E-state index contributed by atoms with van der Waals surface area (Å²) in [6, 6.07) is 4.61. The number of hydrogen-bond donors (Lipinski definition) is 0. The van der Waals surface area contributed by atoms with Crippen molar-refractivity contribution in [1.29, 1.82) is 0 Å². The number of piperidine rings is 1. The Kier molecular flexibility index (Phi) is 4.72. The van der Waals surface area contributed by atoms with Gasteiger partial charge < -0.3 is 9.80 Å². The first-order valence-electron chi connectivity index (χ1n) is 9.30. The fourth-order valence-corrected chi connectivity index (χ4v) is 3.70. The van der Waals surface area contributed by atoms with Crippen LogP contribution in [0.5, 0.6) is 0 Å². The number of aromatic nitrogens is 4. The van der Waals surface area contributed by atoms with Crippen LogP contribution < -0.4 is 15.4 Å². The van der Waals surface area contributed by atoms with Crippen LogP contribution in [-0.4, -0.2) is 44.9 Å². The Morgan fingerprint density at radius 2 is 1.75 bits per heavy atom. The van der Waals surface area contributed by atoms with E-state index in [1.54, 1.807) is 13.1 Å². The SMILES string of the molecule is Cn1nc(N2CCC(N(c3cc(C(F)(F)F)ncn3)C3CC3)CC2)ccc1=O.